The Bertz CT molecular complexity index is 1140. The Labute approximate surface area is 197 Å². The van der Waals surface area contributed by atoms with Crippen LogP contribution in [-0.2, 0) is 16.1 Å². The molecule has 0 bridgehead atoms. The number of hydrogen-bond acceptors (Lipinski definition) is 6. The molecule has 0 spiro atoms. The van der Waals surface area contributed by atoms with E-state index >= 15 is 0 Å². The van der Waals surface area contributed by atoms with Gasteiger partial charge in [0.15, 0.2) is 5.69 Å². The second kappa shape index (κ2) is 9.28. The van der Waals surface area contributed by atoms with Crippen molar-refractivity contribution in [3.8, 4) is 0 Å². The molecule has 1 fully saturated rings. The number of rotatable bonds is 5. The van der Waals surface area contributed by atoms with Gasteiger partial charge in [-0.25, -0.2) is 4.79 Å². The Balaban J connectivity index is 1.55. The maximum absolute atomic E-state index is 13.2. The number of amides is 3. The summed E-state index contributed by atoms with van der Waals surface area (Å²) in [5.74, 6) is -1.79. The van der Waals surface area contributed by atoms with Crippen LogP contribution < -0.4 is 10.6 Å². The molecule has 180 valence electrons. The second-order valence-corrected chi connectivity index (χ2v) is 9.01. The number of ether oxygens (including phenoxy) is 1. The van der Waals surface area contributed by atoms with Crippen LogP contribution in [0.4, 0.5) is 5.69 Å². The number of anilines is 1. The van der Waals surface area contributed by atoms with Gasteiger partial charge in [0.05, 0.1) is 24.9 Å². The third-order valence-electron chi connectivity index (χ3n) is 6.74. The number of carbonyl (C=O) groups is 4. The fraction of sp³-hybridized carbons (Fsp3) is 0.458. The molecular formula is C24H29N5O5. The molecule has 2 aromatic rings. The summed E-state index contributed by atoms with van der Waals surface area (Å²) in [6.07, 6.45) is 5.20. The van der Waals surface area contributed by atoms with Gasteiger partial charge in [0, 0.05) is 19.2 Å². The third-order valence-corrected chi connectivity index (χ3v) is 6.74. The predicted molar refractivity (Wildman–Crippen MR) is 123 cm³/mol. The SMILES string of the molecule is COC(=O)c1ccccc1NC(=O)c1cc2n(n1)C[C@@](C)(C(=O)NC1CCCCC1)N(C)C2=O. The van der Waals surface area contributed by atoms with Gasteiger partial charge in [-0.15, -0.1) is 0 Å². The minimum absolute atomic E-state index is 0.00774. The standard InChI is InChI=1S/C24H29N5O5/c1-24(23(33)25-15-9-5-4-6-10-15)14-29-19(21(31)28(24)2)13-18(27-29)20(30)26-17-12-8-7-11-16(17)22(32)34-3/h7-8,11-13,15H,4-6,9-10,14H2,1-3H3,(H,25,33)(H,26,30)/t24-/m0/s1. The molecule has 1 aliphatic heterocycles. The monoisotopic (exact) mass is 467 g/mol. The molecule has 2 N–H and O–H groups in total. The van der Waals surface area contributed by atoms with E-state index in [1.807, 2.05) is 0 Å². The molecule has 34 heavy (non-hydrogen) atoms. The first-order chi connectivity index (χ1) is 16.2. The van der Waals surface area contributed by atoms with Crippen molar-refractivity contribution in [2.45, 2.75) is 57.2 Å². The quantitative estimate of drug-likeness (QED) is 0.650. The highest BCUT2D eigenvalue weighted by Crippen LogP contribution is 2.28. The van der Waals surface area contributed by atoms with Crippen LogP contribution in [0.25, 0.3) is 0 Å². The fourth-order valence-corrected chi connectivity index (χ4v) is 4.49. The van der Waals surface area contributed by atoms with E-state index in [0.29, 0.717) is 0 Å². The molecule has 1 saturated carbocycles. The number of methoxy groups -OCH3 is 1. The highest BCUT2D eigenvalue weighted by atomic mass is 16.5. The van der Waals surface area contributed by atoms with E-state index < -0.39 is 23.3 Å². The van der Waals surface area contributed by atoms with Crippen molar-refractivity contribution < 1.29 is 23.9 Å². The molecular weight excluding hydrogens is 438 g/mol. The van der Waals surface area contributed by atoms with Crippen molar-refractivity contribution in [1.82, 2.24) is 20.0 Å². The number of benzene rings is 1. The van der Waals surface area contributed by atoms with Gasteiger partial charge in [-0.1, -0.05) is 31.4 Å². The molecule has 1 aromatic carbocycles. The summed E-state index contributed by atoms with van der Waals surface area (Å²) in [6, 6.07) is 7.95. The van der Waals surface area contributed by atoms with E-state index in [2.05, 4.69) is 15.7 Å². The van der Waals surface area contributed by atoms with Crippen LogP contribution in [0.5, 0.6) is 0 Å². The Morgan fingerprint density at radius 3 is 2.56 bits per heavy atom. The topological polar surface area (TPSA) is 123 Å². The van der Waals surface area contributed by atoms with E-state index in [1.165, 1.54) is 35.2 Å². The van der Waals surface area contributed by atoms with Crippen LogP contribution in [0.1, 0.15) is 70.4 Å². The summed E-state index contributed by atoms with van der Waals surface area (Å²) in [7, 11) is 2.85. The zero-order valence-electron chi connectivity index (χ0n) is 19.6. The lowest BCUT2D eigenvalue weighted by Crippen LogP contribution is -2.63. The first-order valence-corrected chi connectivity index (χ1v) is 11.4. The number of likely N-dealkylation sites (N-methyl/N-ethyl adjacent to an activating group) is 1. The Morgan fingerprint density at radius 1 is 1.15 bits per heavy atom. The number of nitrogens with zero attached hydrogens (tertiary/aromatic N) is 3. The van der Waals surface area contributed by atoms with Crippen LogP contribution in [0, 0.1) is 0 Å². The second-order valence-electron chi connectivity index (χ2n) is 9.01. The minimum atomic E-state index is -1.14. The number of aromatic nitrogens is 2. The molecule has 1 aromatic heterocycles. The Kier molecular flexibility index (Phi) is 6.41. The van der Waals surface area contributed by atoms with Gasteiger partial charge < -0.3 is 20.3 Å². The molecule has 0 radical (unpaired) electrons. The Morgan fingerprint density at radius 2 is 1.85 bits per heavy atom. The van der Waals surface area contributed by atoms with Gasteiger partial charge >= 0.3 is 5.97 Å². The van der Waals surface area contributed by atoms with Crippen LogP contribution in [0.2, 0.25) is 0 Å². The van der Waals surface area contributed by atoms with Crippen molar-refractivity contribution in [1.29, 1.82) is 0 Å². The molecule has 10 heteroatoms. The normalized spacial score (nSPS) is 20.4. The van der Waals surface area contributed by atoms with E-state index in [9.17, 15) is 19.2 Å². The molecule has 1 atom stereocenters. The number of esters is 1. The highest BCUT2D eigenvalue weighted by molar-refractivity contribution is 6.08. The Hall–Kier alpha value is -3.69. The van der Waals surface area contributed by atoms with Crippen molar-refractivity contribution >= 4 is 29.4 Å². The number of nitrogens with one attached hydrogen (secondary N) is 2. The van der Waals surface area contributed by atoms with E-state index in [4.69, 9.17) is 4.74 Å². The summed E-state index contributed by atoms with van der Waals surface area (Å²) in [5.41, 5.74) is -0.445. The summed E-state index contributed by atoms with van der Waals surface area (Å²) < 4.78 is 6.16. The van der Waals surface area contributed by atoms with Gasteiger partial charge in [-0.2, -0.15) is 5.10 Å². The van der Waals surface area contributed by atoms with Crippen molar-refractivity contribution in [2.75, 3.05) is 19.5 Å². The van der Waals surface area contributed by atoms with Crippen molar-refractivity contribution in [2.24, 2.45) is 0 Å². The highest BCUT2D eigenvalue weighted by Gasteiger charge is 2.46. The number of para-hydroxylation sites is 1. The molecule has 3 amide bonds. The van der Waals surface area contributed by atoms with E-state index in [0.717, 1.165) is 25.7 Å². The van der Waals surface area contributed by atoms with Crippen molar-refractivity contribution in [3.63, 3.8) is 0 Å². The first kappa shape index (κ1) is 23.5. The molecule has 0 unspecified atom stereocenters. The smallest absolute Gasteiger partial charge is 0.339 e. The van der Waals surface area contributed by atoms with Crippen LogP contribution in [0.3, 0.4) is 0 Å². The van der Waals surface area contributed by atoms with Gasteiger partial charge in [0.2, 0.25) is 5.91 Å². The zero-order chi connectivity index (χ0) is 24.5. The number of hydrogen-bond donors (Lipinski definition) is 2. The predicted octanol–water partition coefficient (Wildman–Crippen LogP) is 2.22. The maximum atomic E-state index is 13.2. The summed E-state index contributed by atoms with van der Waals surface area (Å²) in [6.45, 7) is 1.83. The molecule has 1 aliphatic carbocycles. The maximum Gasteiger partial charge on any atom is 0.339 e. The van der Waals surface area contributed by atoms with Gasteiger partial charge in [0.25, 0.3) is 11.8 Å². The number of fused-ring (bicyclic) bond motifs is 1. The van der Waals surface area contributed by atoms with Crippen LogP contribution in [-0.4, -0.2) is 64.1 Å². The van der Waals surface area contributed by atoms with Gasteiger partial charge in [-0.05, 0) is 31.9 Å². The van der Waals surface area contributed by atoms with Gasteiger partial charge in [0.1, 0.15) is 11.2 Å². The average Bonchev–Trinajstić information content (AvgIpc) is 3.27. The molecule has 10 nitrogen and oxygen atoms in total. The van der Waals surface area contributed by atoms with E-state index in [-0.39, 0.29) is 41.1 Å². The fourth-order valence-electron chi connectivity index (χ4n) is 4.49. The van der Waals surface area contributed by atoms with E-state index in [1.54, 1.807) is 32.2 Å². The molecule has 4 rings (SSSR count). The zero-order valence-corrected chi connectivity index (χ0v) is 19.6. The minimum Gasteiger partial charge on any atom is -0.465 e. The molecule has 0 saturated heterocycles. The average molecular weight is 468 g/mol. The lowest BCUT2D eigenvalue weighted by atomic mass is 9.92. The molecule has 2 heterocycles. The third kappa shape index (κ3) is 4.27. The van der Waals surface area contributed by atoms with Crippen molar-refractivity contribution in [3.05, 3.63) is 47.3 Å². The van der Waals surface area contributed by atoms with Gasteiger partial charge in [-0.3, -0.25) is 19.1 Å². The molecule has 2 aliphatic rings. The summed E-state index contributed by atoms with van der Waals surface area (Å²) in [5, 5.41) is 10.1. The lowest BCUT2D eigenvalue weighted by molar-refractivity contribution is -0.133. The largest absolute Gasteiger partial charge is 0.465 e. The summed E-state index contributed by atoms with van der Waals surface area (Å²) >= 11 is 0. The number of carbonyl (C=O) groups excluding carboxylic acids is 4. The van der Waals surface area contributed by atoms with Crippen LogP contribution in [0.15, 0.2) is 30.3 Å². The lowest BCUT2D eigenvalue weighted by Gasteiger charge is -2.41. The first-order valence-electron chi connectivity index (χ1n) is 11.4. The summed E-state index contributed by atoms with van der Waals surface area (Å²) in [4.78, 5) is 52.6. The van der Waals surface area contributed by atoms with Crippen LogP contribution >= 0.6 is 0 Å².